The van der Waals surface area contributed by atoms with Gasteiger partial charge in [-0.25, -0.2) is 4.98 Å². The molecule has 0 spiro atoms. The van der Waals surface area contributed by atoms with Crippen molar-refractivity contribution in [3.63, 3.8) is 0 Å². The Labute approximate surface area is 153 Å². The van der Waals surface area contributed by atoms with E-state index in [0.29, 0.717) is 11.6 Å². The van der Waals surface area contributed by atoms with E-state index < -0.39 is 0 Å². The number of amides is 1. The van der Waals surface area contributed by atoms with Gasteiger partial charge in [0.1, 0.15) is 11.4 Å². The third-order valence-electron chi connectivity index (χ3n) is 4.54. The smallest absolute Gasteiger partial charge is 0.272 e. The SMILES string of the molecule is COc1ccc(SCc2cccc(C(=O)N3CCC(C)CC3)n2)cc1. The third kappa shape index (κ3) is 4.75. The van der Waals surface area contributed by atoms with E-state index >= 15 is 0 Å². The monoisotopic (exact) mass is 356 g/mol. The number of hydrogen-bond acceptors (Lipinski definition) is 4. The largest absolute Gasteiger partial charge is 0.497 e. The highest BCUT2D eigenvalue weighted by atomic mass is 32.2. The molecule has 1 aromatic heterocycles. The quantitative estimate of drug-likeness (QED) is 0.751. The molecule has 2 aromatic rings. The number of hydrogen-bond donors (Lipinski definition) is 0. The Morgan fingerprint density at radius 2 is 1.92 bits per heavy atom. The van der Waals surface area contributed by atoms with E-state index in [1.165, 1.54) is 0 Å². The first-order valence-electron chi connectivity index (χ1n) is 8.68. The fourth-order valence-electron chi connectivity index (χ4n) is 2.88. The summed E-state index contributed by atoms with van der Waals surface area (Å²) in [5.74, 6) is 2.36. The Kier molecular flexibility index (Phi) is 5.97. The van der Waals surface area contributed by atoms with Crippen LogP contribution in [-0.4, -0.2) is 36.0 Å². The second-order valence-corrected chi connectivity index (χ2v) is 7.50. The molecule has 0 aliphatic carbocycles. The van der Waals surface area contributed by atoms with Gasteiger partial charge in [0.25, 0.3) is 5.91 Å². The van der Waals surface area contributed by atoms with E-state index in [1.54, 1.807) is 18.9 Å². The van der Waals surface area contributed by atoms with Crippen LogP contribution in [0.5, 0.6) is 5.75 Å². The van der Waals surface area contributed by atoms with Gasteiger partial charge in [0.2, 0.25) is 0 Å². The lowest BCUT2D eigenvalue weighted by Crippen LogP contribution is -2.38. The molecule has 5 heteroatoms. The molecule has 0 N–H and O–H groups in total. The summed E-state index contributed by atoms with van der Waals surface area (Å²) in [5, 5.41) is 0. The number of nitrogens with zero attached hydrogens (tertiary/aromatic N) is 2. The number of pyridine rings is 1. The number of carbonyl (C=O) groups excluding carboxylic acids is 1. The normalized spacial score (nSPS) is 15.2. The van der Waals surface area contributed by atoms with Gasteiger partial charge >= 0.3 is 0 Å². The molecule has 3 rings (SSSR count). The van der Waals surface area contributed by atoms with E-state index in [2.05, 4.69) is 11.9 Å². The van der Waals surface area contributed by atoms with Crippen LogP contribution in [0.1, 0.15) is 35.9 Å². The summed E-state index contributed by atoms with van der Waals surface area (Å²) in [6.45, 7) is 3.93. The molecule has 0 unspecified atom stereocenters. The summed E-state index contributed by atoms with van der Waals surface area (Å²) in [6.07, 6.45) is 2.16. The molecule has 1 aromatic carbocycles. The molecule has 4 nitrogen and oxygen atoms in total. The first-order chi connectivity index (χ1) is 12.2. The van der Waals surface area contributed by atoms with Crippen molar-refractivity contribution in [3.05, 3.63) is 53.9 Å². The maximum atomic E-state index is 12.6. The average Bonchev–Trinajstić information content (AvgIpc) is 2.67. The van der Waals surface area contributed by atoms with Gasteiger partial charge in [-0.05, 0) is 55.2 Å². The molecule has 25 heavy (non-hydrogen) atoms. The predicted molar refractivity (Wildman–Crippen MR) is 101 cm³/mol. The van der Waals surface area contributed by atoms with Gasteiger partial charge in [0.05, 0.1) is 12.8 Å². The molecular weight excluding hydrogens is 332 g/mol. The van der Waals surface area contributed by atoms with Gasteiger partial charge < -0.3 is 9.64 Å². The van der Waals surface area contributed by atoms with Crippen molar-refractivity contribution in [2.45, 2.75) is 30.4 Å². The van der Waals surface area contributed by atoms with Crippen molar-refractivity contribution in [1.82, 2.24) is 9.88 Å². The molecule has 0 atom stereocenters. The number of aromatic nitrogens is 1. The minimum Gasteiger partial charge on any atom is -0.497 e. The van der Waals surface area contributed by atoms with Crippen molar-refractivity contribution >= 4 is 17.7 Å². The van der Waals surface area contributed by atoms with Crippen LogP contribution in [0.25, 0.3) is 0 Å². The van der Waals surface area contributed by atoms with Crippen molar-refractivity contribution in [3.8, 4) is 5.75 Å². The molecule has 0 radical (unpaired) electrons. The second kappa shape index (κ2) is 8.39. The molecule has 1 aliphatic heterocycles. The average molecular weight is 356 g/mol. The summed E-state index contributed by atoms with van der Waals surface area (Å²) >= 11 is 1.71. The van der Waals surface area contributed by atoms with Gasteiger partial charge in [0, 0.05) is 23.7 Å². The third-order valence-corrected chi connectivity index (χ3v) is 5.59. The standard InChI is InChI=1S/C20H24N2O2S/c1-15-10-12-22(13-11-15)20(23)19-5-3-4-16(21-19)14-25-18-8-6-17(24-2)7-9-18/h3-9,15H,10-14H2,1-2H3. The molecule has 1 aliphatic rings. The first kappa shape index (κ1) is 17.8. The van der Waals surface area contributed by atoms with Gasteiger partial charge in [0.15, 0.2) is 0 Å². The molecule has 0 saturated carbocycles. The van der Waals surface area contributed by atoms with Crippen LogP contribution in [0.4, 0.5) is 0 Å². The van der Waals surface area contributed by atoms with E-state index in [-0.39, 0.29) is 5.91 Å². The lowest BCUT2D eigenvalue weighted by atomic mass is 9.99. The lowest BCUT2D eigenvalue weighted by molar-refractivity contribution is 0.0691. The van der Waals surface area contributed by atoms with Crippen molar-refractivity contribution < 1.29 is 9.53 Å². The van der Waals surface area contributed by atoms with E-state index in [0.717, 1.165) is 48.0 Å². The number of piperidine rings is 1. The summed E-state index contributed by atoms with van der Waals surface area (Å²) in [5.41, 5.74) is 1.49. The number of likely N-dealkylation sites (tertiary alicyclic amines) is 1. The number of thioether (sulfide) groups is 1. The Morgan fingerprint density at radius 1 is 1.20 bits per heavy atom. The van der Waals surface area contributed by atoms with Crippen LogP contribution >= 0.6 is 11.8 Å². The molecule has 2 heterocycles. The van der Waals surface area contributed by atoms with Crippen LogP contribution in [-0.2, 0) is 5.75 Å². The molecule has 1 amide bonds. The van der Waals surface area contributed by atoms with E-state index in [1.807, 2.05) is 47.4 Å². The van der Waals surface area contributed by atoms with Crippen LogP contribution in [0, 0.1) is 5.92 Å². The van der Waals surface area contributed by atoms with Crippen LogP contribution in [0.2, 0.25) is 0 Å². The van der Waals surface area contributed by atoms with Crippen molar-refractivity contribution in [2.24, 2.45) is 5.92 Å². The highest BCUT2D eigenvalue weighted by Crippen LogP contribution is 2.24. The Morgan fingerprint density at radius 3 is 2.60 bits per heavy atom. The fraction of sp³-hybridized carbons (Fsp3) is 0.400. The summed E-state index contributed by atoms with van der Waals surface area (Å²) < 4.78 is 5.17. The highest BCUT2D eigenvalue weighted by molar-refractivity contribution is 7.98. The predicted octanol–water partition coefficient (Wildman–Crippen LogP) is 4.25. The molecule has 0 bridgehead atoms. The van der Waals surface area contributed by atoms with Crippen molar-refractivity contribution in [2.75, 3.05) is 20.2 Å². The summed E-state index contributed by atoms with van der Waals surface area (Å²) in [4.78, 5) is 20.3. The maximum absolute atomic E-state index is 12.6. The molecular formula is C20H24N2O2S. The number of benzene rings is 1. The number of methoxy groups -OCH3 is 1. The lowest BCUT2D eigenvalue weighted by Gasteiger charge is -2.30. The molecule has 1 saturated heterocycles. The van der Waals surface area contributed by atoms with Crippen LogP contribution < -0.4 is 4.74 Å². The minimum atomic E-state index is 0.0585. The Hall–Kier alpha value is -2.01. The number of rotatable bonds is 5. The van der Waals surface area contributed by atoms with Gasteiger partial charge in [-0.3, -0.25) is 4.79 Å². The van der Waals surface area contributed by atoms with Crippen molar-refractivity contribution in [1.29, 1.82) is 0 Å². The van der Waals surface area contributed by atoms with Gasteiger partial charge in [-0.15, -0.1) is 11.8 Å². The summed E-state index contributed by atoms with van der Waals surface area (Å²) in [7, 11) is 1.66. The molecule has 132 valence electrons. The fourth-order valence-corrected chi connectivity index (χ4v) is 3.69. The number of carbonyl (C=O) groups is 1. The highest BCUT2D eigenvalue weighted by Gasteiger charge is 2.22. The maximum Gasteiger partial charge on any atom is 0.272 e. The van der Waals surface area contributed by atoms with Crippen LogP contribution in [0.15, 0.2) is 47.4 Å². The summed E-state index contributed by atoms with van der Waals surface area (Å²) in [6, 6.07) is 13.7. The zero-order valence-corrected chi connectivity index (χ0v) is 15.6. The molecule has 1 fully saturated rings. The van der Waals surface area contributed by atoms with Crippen LogP contribution in [0.3, 0.4) is 0 Å². The first-order valence-corrected chi connectivity index (χ1v) is 9.66. The number of ether oxygens (including phenoxy) is 1. The van der Waals surface area contributed by atoms with E-state index in [9.17, 15) is 4.79 Å². The van der Waals surface area contributed by atoms with E-state index in [4.69, 9.17) is 4.74 Å². The minimum absolute atomic E-state index is 0.0585. The van der Waals surface area contributed by atoms with Gasteiger partial charge in [-0.2, -0.15) is 0 Å². The zero-order valence-electron chi connectivity index (χ0n) is 14.8. The Bertz CT molecular complexity index is 710. The zero-order chi connectivity index (χ0) is 17.6. The second-order valence-electron chi connectivity index (χ2n) is 6.45. The Balaban J connectivity index is 1.61. The van der Waals surface area contributed by atoms with Gasteiger partial charge in [-0.1, -0.05) is 13.0 Å². The topological polar surface area (TPSA) is 42.4 Å².